The molecule has 2 N–H and O–H groups in total. The molecule has 1 aromatic carbocycles. The number of aryl methyl sites for hydroxylation is 2. The molecular formula is C11H14BrN3. The zero-order valence-electron chi connectivity index (χ0n) is 8.70. The van der Waals surface area contributed by atoms with Crippen LogP contribution < -0.4 is 5.73 Å². The van der Waals surface area contributed by atoms with E-state index in [0.717, 1.165) is 28.5 Å². The second-order valence-corrected chi connectivity index (χ2v) is 4.45. The molecule has 80 valence electrons. The minimum atomic E-state index is 0.711. The van der Waals surface area contributed by atoms with Crippen molar-refractivity contribution in [3.63, 3.8) is 0 Å². The summed E-state index contributed by atoms with van der Waals surface area (Å²) >= 11 is 3.57. The van der Waals surface area contributed by atoms with E-state index in [1.807, 2.05) is 17.8 Å². The lowest BCUT2D eigenvalue weighted by Gasteiger charge is -1.97. The number of nitrogens with two attached hydrogens (primary N) is 1. The zero-order valence-corrected chi connectivity index (χ0v) is 10.3. The Morgan fingerprint density at radius 1 is 1.47 bits per heavy atom. The number of benzene rings is 1. The highest BCUT2D eigenvalue weighted by Crippen LogP contribution is 2.27. The minimum absolute atomic E-state index is 0.711. The van der Waals surface area contributed by atoms with Crippen molar-refractivity contribution in [3.05, 3.63) is 28.4 Å². The summed E-state index contributed by atoms with van der Waals surface area (Å²) in [6, 6.07) is 6.16. The molecule has 4 heteroatoms. The molecule has 0 amide bonds. The number of fused-ring (bicyclic) bond motifs is 1. The highest BCUT2D eigenvalue weighted by molar-refractivity contribution is 9.10. The molecule has 0 atom stereocenters. The Morgan fingerprint density at radius 2 is 2.27 bits per heavy atom. The lowest BCUT2D eigenvalue weighted by atomic mass is 10.1. The number of aromatic nitrogens is 2. The topological polar surface area (TPSA) is 43.8 Å². The van der Waals surface area contributed by atoms with E-state index < -0.39 is 0 Å². The molecule has 0 unspecified atom stereocenters. The number of hydrogen-bond acceptors (Lipinski definition) is 2. The van der Waals surface area contributed by atoms with Gasteiger partial charge < -0.3 is 5.73 Å². The van der Waals surface area contributed by atoms with Gasteiger partial charge in [-0.05, 0) is 31.5 Å². The highest BCUT2D eigenvalue weighted by atomic mass is 79.9. The van der Waals surface area contributed by atoms with Crippen LogP contribution in [0.15, 0.2) is 22.7 Å². The molecule has 0 aliphatic heterocycles. The van der Waals surface area contributed by atoms with Crippen molar-refractivity contribution in [2.24, 2.45) is 12.8 Å². The van der Waals surface area contributed by atoms with Crippen molar-refractivity contribution >= 4 is 26.8 Å². The number of nitrogens with zero attached hydrogens (tertiary/aromatic N) is 2. The van der Waals surface area contributed by atoms with Gasteiger partial charge in [0, 0.05) is 16.9 Å². The summed E-state index contributed by atoms with van der Waals surface area (Å²) in [5.74, 6) is 0. The van der Waals surface area contributed by atoms with E-state index in [9.17, 15) is 0 Å². The molecule has 0 saturated heterocycles. The third-order valence-electron chi connectivity index (χ3n) is 2.52. The van der Waals surface area contributed by atoms with Gasteiger partial charge in [0.2, 0.25) is 0 Å². The average molecular weight is 268 g/mol. The molecule has 1 aromatic heterocycles. The van der Waals surface area contributed by atoms with Gasteiger partial charge in [-0.3, -0.25) is 4.68 Å². The first-order valence-electron chi connectivity index (χ1n) is 5.04. The Bertz CT molecular complexity index is 476. The Balaban J connectivity index is 2.54. The Kier molecular flexibility index (Phi) is 3.07. The van der Waals surface area contributed by atoms with Gasteiger partial charge in [0.1, 0.15) is 0 Å². The summed E-state index contributed by atoms with van der Waals surface area (Å²) in [5.41, 5.74) is 7.81. The van der Waals surface area contributed by atoms with Crippen LogP contribution in [0, 0.1) is 0 Å². The van der Waals surface area contributed by atoms with E-state index in [1.54, 1.807) is 0 Å². The summed E-state index contributed by atoms with van der Waals surface area (Å²) < 4.78 is 3.03. The molecule has 0 spiro atoms. The fraction of sp³-hybridized carbons (Fsp3) is 0.364. The van der Waals surface area contributed by atoms with Gasteiger partial charge in [-0.2, -0.15) is 5.10 Å². The van der Waals surface area contributed by atoms with Gasteiger partial charge >= 0.3 is 0 Å². The maximum atomic E-state index is 5.52. The summed E-state index contributed by atoms with van der Waals surface area (Å²) in [7, 11) is 1.97. The summed E-state index contributed by atoms with van der Waals surface area (Å²) in [4.78, 5) is 0. The van der Waals surface area contributed by atoms with Crippen molar-refractivity contribution in [2.75, 3.05) is 6.54 Å². The van der Waals surface area contributed by atoms with E-state index in [4.69, 9.17) is 5.73 Å². The van der Waals surface area contributed by atoms with Gasteiger partial charge in [-0.15, -0.1) is 0 Å². The van der Waals surface area contributed by atoms with Gasteiger partial charge in [0.25, 0.3) is 0 Å². The van der Waals surface area contributed by atoms with Crippen LogP contribution in [0.2, 0.25) is 0 Å². The second kappa shape index (κ2) is 4.33. The van der Waals surface area contributed by atoms with Gasteiger partial charge in [-0.25, -0.2) is 0 Å². The van der Waals surface area contributed by atoms with Crippen LogP contribution in [0.4, 0.5) is 0 Å². The third-order valence-corrected chi connectivity index (χ3v) is 3.18. The first-order valence-corrected chi connectivity index (χ1v) is 5.83. The number of halogens is 1. The quantitative estimate of drug-likeness (QED) is 0.927. The molecule has 2 rings (SSSR count). The molecular weight excluding hydrogens is 254 g/mol. The Labute approximate surface area is 97.4 Å². The van der Waals surface area contributed by atoms with Crippen molar-refractivity contribution in [1.82, 2.24) is 9.78 Å². The van der Waals surface area contributed by atoms with E-state index in [0.29, 0.717) is 6.54 Å². The second-order valence-electron chi connectivity index (χ2n) is 3.60. The molecule has 2 aromatic rings. The van der Waals surface area contributed by atoms with Gasteiger partial charge in [-0.1, -0.05) is 22.0 Å². The normalized spacial score (nSPS) is 11.1. The summed E-state index contributed by atoms with van der Waals surface area (Å²) in [5, 5.41) is 5.74. The van der Waals surface area contributed by atoms with Crippen LogP contribution in [-0.2, 0) is 13.5 Å². The van der Waals surface area contributed by atoms with Crippen LogP contribution in [0.1, 0.15) is 12.1 Å². The van der Waals surface area contributed by atoms with Crippen LogP contribution in [0.3, 0.4) is 0 Å². The average Bonchev–Trinajstić information content (AvgIpc) is 2.55. The molecule has 0 aliphatic carbocycles. The molecule has 0 bridgehead atoms. The van der Waals surface area contributed by atoms with Crippen LogP contribution in [-0.4, -0.2) is 16.3 Å². The first kappa shape index (κ1) is 10.6. The predicted molar refractivity (Wildman–Crippen MR) is 65.8 cm³/mol. The van der Waals surface area contributed by atoms with Crippen molar-refractivity contribution in [1.29, 1.82) is 0 Å². The molecule has 1 heterocycles. The SMILES string of the molecule is Cn1nc(CCCN)c2c(Br)cccc21. The monoisotopic (exact) mass is 267 g/mol. The number of hydrogen-bond donors (Lipinski definition) is 1. The van der Waals surface area contributed by atoms with E-state index in [2.05, 4.69) is 33.2 Å². The standard InChI is InChI=1S/C11H14BrN3/c1-15-10-6-2-4-8(12)11(10)9(14-15)5-3-7-13/h2,4,6H,3,5,7,13H2,1H3. The number of rotatable bonds is 3. The lowest BCUT2D eigenvalue weighted by molar-refractivity contribution is 0.739. The van der Waals surface area contributed by atoms with Gasteiger partial charge in [0.05, 0.1) is 11.2 Å². The Morgan fingerprint density at radius 3 is 3.00 bits per heavy atom. The van der Waals surface area contributed by atoms with E-state index in [-0.39, 0.29) is 0 Å². The highest BCUT2D eigenvalue weighted by Gasteiger charge is 2.10. The van der Waals surface area contributed by atoms with Crippen LogP contribution in [0.25, 0.3) is 10.9 Å². The lowest BCUT2D eigenvalue weighted by Crippen LogP contribution is -2.01. The van der Waals surface area contributed by atoms with Crippen molar-refractivity contribution < 1.29 is 0 Å². The summed E-state index contributed by atoms with van der Waals surface area (Å²) in [6.07, 6.45) is 1.92. The predicted octanol–water partition coefficient (Wildman–Crippen LogP) is 2.23. The smallest absolute Gasteiger partial charge is 0.0715 e. The minimum Gasteiger partial charge on any atom is -0.330 e. The summed E-state index contributed by atoms with van der Waals surface area (Å²) in [6.45, 7) is 0.711. The molecule has 0 aliphatic rings. The van der Waals surface area contributed by atoms with Gasteiger partial charge in [0.15, 0.2) is 0 Å². The zero-order chi connectivity index (χ0) is 10.8. The fourth-order valence-corrected chi connectivity index (χ4v) is 2.38. The molecule has 3 nitrogen and oxygen atoms in total. The van der Waals surface area contributed by atoms with Crippen molar-refractivity contribution in [3.8, 4) is 0 Å². The van der Waals surface area contributed by atoms with E-state index >= 15 is 0 Å². The molecule has 15 heavy (non-hydrogen) atoms. The van der Waals surface area contributed by atoms with Crippen LogP contribution >= 0.6 is 15.9 Å². The third kappa shape index (κ3) is 1.92. The largest absolute Gasteiger partial charge is 0.330 e. The molecule has 0 fully saturated rings. The first-order chi connectivity index (χ1) is 7.24. The maximum Gasteiger partial charge on any atom is 0.0715 e. The van der Waals surface area contributed by atoms with Crippen molar-refractivity contribution in [2.45, 2.75) is 12.8 Å². The maximum absolute atomic E-state index is 5.52. The van der Waals surface area contributed by atoms with Crippen LogP contribution in [0.5, 0.6) is 0 Å². The molecule has 0 saturated carbocycles. The fourth-order valence-electron chi connectivity index (χ4n) is 1.80. The Hall–Kier alpha value is -0.870. The molecule has 0 radical (unpaired) electrons. The van der Waals surface area contributed by atoms with E-state index in [1.165, 1.54) is 5.39 Å².